The third-order valence-electron chi connectivity index (χ3n) is 2.00. The van der Waals surface area contributed by atoms with Crippen LogP contribution in [0, 0.1) is 5.82 Å². The first kappa shape index (κ1) is 11.8. The van der Waals surface area contributed by atoms with Crippen LogP contribution in [0.1, 0.15) is 19.5 Å². The summed E-state index contributed by atoms with van der Waals surface area (Å²) in [7, 11) is 1.23. The highest BCUT2D eigenvalue weighted by Gasteiger charge is 2.35. The predicted molar refractivity (Wildman–Crippen MR) is 52.0 cm³/mol. The minimum Gasteiger partial charge on any atom is -0.468 e. The van der Waals surface area contributed by atoms with Crippen molar-refractivity contribution in [3.63, 3.8) is 0 Å². The van der Waals surface area contributed by atoms with Gasteiger partial charge in [-0.15, -0.1) is 0 Å². The number of halogens is 2. The van der Waals surface area contributed by atoms with Gasteiger partial charge in [-0.05, 0) is 25.4 Å². The molecule has 0 atom stereocenters. The summed E-state index contributed by atoms with van der Waals surface area (Å²) >= 11 is 5.53. The van der Waals surface area contributed by atoms with Crippen LogP contribution < -0.4 is 0 Å². The lowest BCUT2D eigenvalue weighted by Crippen LogP contribution is -2.32. The second kappa shape index (κ2) is 4.10. The zero-order chi connectivity index (χ0) is 11.6. The van der Waals surface area contributed by atoms with Crippen LogP contribution in [0.4, 0.5) is 4.39 Å². The summed E-state index contributed by atoms with van der Waals surface area (Å²) in [5.74, 6) is -1.27. The molecule has 0 aromatic carbocycles. The molecule has 0 aliphatic heterocycles. The van der Waals surface area contributed by atoms with Gasteiger partial charge in [0.15, 0.2) is 5.82 Å². The summed E-state index contributed by atoms with van der Waals surface area (Å²) in [5.41, 5.74) is -1.26. The lowest BCUT2D eigenvalue weighted by Gasteiger charge is -2.20. The maximum absolute atomic E-state index is 13.4. The third kappa shape index (κ3) is 2.23. The van der Waals surface area contributed by atoms with E-state index in [2.05, 4.69) is 14.7 Å². The normalized spacial score (nSPS) is 11.3. The van der Waals surface area contributed by atoms with Crippen molar-refractivity contribution in [3.8, 4) is 0 Å². The molecule has 0 saturated heterocycles. The van der Waals surface area contributed by atoms with E-state index in [1.807, 2.05) is 0 Å². The van der Waals surface area contributed by atoms with Gasteiger partial charge in [0.05, 0.1) is 19.0 Å². The van der Waals surface area contributed by atoms with Crippen molar-refractivity contribution in [2.24, 2.45) is 0 Å². The Labute approximate surface area is 91.4 Å². The molecule has 0 bridgehead atoms. The van der Waals surface area contributed by atoms with Crippen LogP contribution in [-0.4, -0.2) is 23.0 Å². The van der Waals surface area contributed by atoms with Gasteiger partial charge in [-0.25, -0.2) is 14.4 Å². The zero-order valence-electron chi connectivity index (χ0n) is 8.54. The number of esters is 1. The molecule has 15 heavy (non-hydrogen) atoms. The number of hydrogen-bond acceptors (Lipinski definition) is 4. The number of ether oxygens (including phenoxy) is 1. The average molecular weight is 233 g/mol. The van der Waals surface area contributed by atoms with Crippen LogP contribution in [0.25, 0.3) is 0 Å². The van der Waals surface area contributed by atoms with Gasteiger partial charge in [-0.3, -0.25) is 4.79 Å². The number of nitrogens with zero attached hydrogens (tertiary/aromatic N) is 2. The van der Waals surface area contributed by atoms with Crippen LogP contribution in [0.3, 0.4) is 0 Å². The van der Waals surface area contributed by atoms with E-state index in [0.29, 0.717) is 0 Å². The van der Waals surface area contributed by atoms with Crippen LogP contribution in [-0.2, 0) is 14.9 Å². The van der Waals surface area contributed by atoms with Crippen LogP contribution >= 0.6 is 11.6 Å². The SMILES string of the molecule is COC(=O)C(C)(C)c1nc(Cl)ncc1F. The zero-order valence-corrected chi connectivity index (χ0v) is 9.30. The Morgan fingerprint density at radius 3 is 2.73 bits per heavy atom. The highest BCUT2D eigenvalue weighted by molar-refractivity contribution is 6.28. The Morgan fingerprint density at radius 1 is 1.60 bits per heavy atom. The fourth-order valence-electron chi connectivity index (χ4n) is 1.14. The lowest BCUT2D eigenvalue weighted by molar-refractivity contribution is -0.146. The molecule has 0 spiro atoms. The summed E-state index contributed by atoms with van der Waals surface area (Å²) < 4.78 is 17.9. The summed E-state index contributed by atoms with van der Waals surface area (Å²) in [4.78, 5) is 18.6. The molecule has 82 valence electrons. The van der Waals surface area contributed by atoms with Crippen molar-refractivity contribution >= 4 is 17.6 Å². The van der Waals surface area contributed by atoms with Crippen molar-refractivity contribution in [1.29, 1.82) is 0 Å². The van der Waals surface area contributed by atoms with Crippen molar-refractivity contribution in [2.75, 3.05) is 7.11 Å². The molecule has 1 heterocycles. The molecular weight excluding hydrogens is 223 g/mol. The van der Waals surface area contributed by atoms with Gasteiger partial charge in [0.25, 0.3) is 0 Å². The highest BCUT2D eigenvalue weighted by atomic mass is 35.5. The van der Waals surface area contributed by atoms with Gasteiger partial charge in [0, 0.05) is 0 Å². The van der Waals surface area contributed by atoms with E-state index in [9.17, 15) is 9.18 Å². The Morgan fingerprint density at radius 2 is 2.20 bits per heavy atom. The van der Waals surface area contributed by atoms with Crippen LogP contribution in [0.15, 0.2) is 6.20 Å². The second-order valence-corrected chi connectivity index (χ2v) is 3.79. The molecule has 0 N–H and O–H groups in total. The molecule has 0 unspecified atom stereocenters. The van der Waals surface area contributed by atoms with Crippen LogP contribution in [0.5, 0.6) is 0 Å². The molecule has 0 amide bonds. The Kier molecular flexibility index (Phi) is 3.24. The number of aromatic nitrogens is 2. The molecule has 0 saturated carbocycles. The molecule has 1 rings (SSSR count). The Hall–Kier alpha value is -1.23. The topological polar surface area (TPSA) is 52.1 Å². The molecule has 0 aliphatic rings. The number of carbonyl (C=O) groups excluding carboxylic acids is 1. The highest BCUT2D eigenvalue weighted by Crippen LogP contribution is 2.25. The standard InChI is InChI=1S/C9H10ClFN2O2/c1-9(2,7(14)15-3)6-5(11)4-12-8(10)13-6/h4H,1-3H3. The van der Waals surface area contributed by atoms with Gasteiger partial charge < -0.3 is 4.74 Å². The van der Waals surface area contributed by atoms with Gasteiger partial charge in [-0.1, -0.05) is 0 Å². The van der Waals surface area contributed by atoms with E-state index in [0.717, 1.165) is 6.20 Å². The quantitative estimate of drug-likeness (QED) is 0.576. The summed E-state index contributed by atoms with van der Waals surface area (Å²) in [6, 6.07) is 0. The smallest absolute Gasteiger partial charge is 0.317 e. The monoisotopic (exact) mass is 232 g/mol. The number of hydrogen-bond donors (Lipinski definition) is 0. The fourth-order valence-corrected chi connectivity index (χ4v) is 1.27. The number of carbonyl (C=O) groups is 1. The van der Waals surface area contributed by atoms with Gasteiger partial charge in [-0.2, -0.15) is 0 Å². The second-order valence-electron chi connectivity index (χ2n) is 3.45. The lowest BCUT2D eigenvalue weighted by atomic mass is 9.89. The van der Waals surface area contributed by atoms with Gasteiger partial charge in [0.2, 0.25) is 5.28 Å². The van der Waals surface area contributed by atoms with Crippen molar-refractivity contribution in [1.82, 2.24) is 9.97 Å². The molecule has 6 heteroatoms. The molecule has 0 aliphatic carbocycles. The first-order chi connectivity index (χ1) is 6.89. The van der Waals surface area contributed by atoms with E-state index < -0.39 is 17.2 Å². The Balaban J connectivity index is 3.25. The molecule has 1 aromatic heterocycles. The molecule has 1 aromatic rings. The van der Waals surface area contributed by atoms with E-state index in [1.54, 1.807) is 0 Å². The summed E-state index contributed by atoms with van der Waals surface area (Å²) in [5, 5.41) is -0.108. The summed E-state index contributed by atoms with van der Waals surface area (Å²) in [6.45, 7) is 3.00. The van der Waals surface area contributed by atoms with E-state index in [-0.39, 0.29) is 11.0 Å². The minimum atomic E-state index is -1.19. The van der Waals surface area contributed by atoms with Gasteiger partial charge in [0.1, 0.15) is 5.41 Å². The Bertz CT molecular complexity index is 396. The van der Waals surface area contributed by atoms with Crippen molar-refractivity contribution < 1.29 is 13.9 Å². The fraction of sp³-hybridized carbons (Fsp3) is 0.444. The number of rotatable bonds is 2. The predicted octanol–water partition coefficient (Wildman–Crippen LogP) is 1.72. The third-order valence-corrected chi connectivity index (χ3v) is 2.18. The number of methoxy groups -OCH3 is 1. The molecule has 0 radical (unpaired) electrons. The minimum absolute atomic E-state index is 0.0747. The van der Waals surface area contributed by atoms with Crippen molar-refractivity contribution in [2.45, 2.75) is 19.3 Å². The van der Waals surface area contributed by atoms with E-state index in [4.69, 9.17) is 11.6 Å². The largest absolute Gasteiger partial charge is 0.468 e. The maximum Gasteiger partial charge on any atom is 0.317 e. The first-order valence-corrected chi connectivity index (χ1v) is 4.54. The van der Waals surface area contributed by atoms with Crippen LogP contribution in [0.2, 0.25) is 5.28 Å². The summed E-state index contributed by atoms with van der Waals surface area (Å²) in [6.07, 6.45) is 0.926. The van der Waals surface area contributed by atoms with E-state index >= 15 is 0 Å². The maximum atomic E-state index is 13.4. The molecule has 0 fully saturated rings. The molecular formula is C9H10ClFN2O2. The van der Waals surface area contributed by atoms with Crippen molar-refractivity contribution in [3.05, 3.63) is 23.0 Å². The molecule has 4 nitrogen and oxygen atoms in total. The average Bonchev–Trinajstić information content (AvgIpc) is 2.20. The van der Waals surface area contributed by atoms with E-state index in [1.165, 1.54) is 21.0 Å². The van der Waals surface area contributed by atoms with Gasteiger partial charge >= 0.3 is 5.97 Å². The first-order valence-electron chi connectivity index (χ1n) is 4.16.